The second-order valence-electron chi connectivity index (χ2n) is 3.97. The number of hydrogen-bond acceptors (Lipinski definition) is 3. The molecule has 0 saturated heterocycles. The quantitative estimate of drug-likeness (QED) is 0.879. The van der Waals surface area contributed by atoms with E-state index in [-0.39, 0.29) is 12.2 Å². The number of aliphatic hydroxyl groups is 1. The fraction of sp³-hybridized carbons (Fsp3) is 0.143. The number of benzene rings is 1. The topological polar surface area (TPSA) is 62.2 Å². The Morgan fingerprint density at radius 2 is 2.05 bits per heavy atom. The molecule has 19 heavy (non-hydrogen) atoms. The lowest BCUT2D eigenvalue weighted by Gasteiger charge is -2.16. The van der Waals surface area contributed by atoms with Gasteiger partial charge in [-0.05, 0) is 11.6 Å². The SMILES string of the molecule is O=C(N[C@@H](CO)c1ccccc1)c1ccncc1F. The third kappa shape index (κ3) is 3.14. The number of rotatable bonds is 4. The highest BCUT2D eigenvalue weighted by Crippen LogP contribution is 2.13. The maximum atomic E-state index is 13.4. The zero-order chi connectivity index (χ0) is 13.7. The molecule has 2 aromatic rings. The second kappa shape index (κ2) is 6.06. The molecule has 0 spiro atoms. The van der Waals surface area contributed by atoms with Gasteiger partial charge in [0.2, 0.25) is 0 Å². The first-order valence-electron chi connectivity index (χ1n) is 5.78. The van der Waals surface area contributed by atoms with Crippen LogP contribution in [0.25, 0.3) is 0 Å². The minimum Gasteiger partial charge on any atom is -0.394 e. The standard InChI is InChI=1S/C14H13FN2O2/c15-12-8-16-7-6-11(12)14(19)17-13(9-18)10-4-2-1-3-5-10/h1-8,13,18H,9H2,(H,17,19)/t13-/m0/s1. The predicted octanol–water partition coefficient (Wildman–Crippen LogP) is 1.68. The van der Waals surface area contributed by atoms with Crippen LogP contribution in [0.2, 0.25) is 0 Å². The molecule has 0 bridgehead atoms. The lowest BCUT2D eigenvalue weighted by molar-refractivity contribution is 0.0912. The van der Waals surface area contributed by atoms with Crippen LogP contribution in [0.3, 0.4) is 0 Å². The number of carbonyl (C=O) groups is 1. The smallest absolute Gasteiger partial charge is 0.254 e. The van der Waals surface area contributed by atoms with Crippen molar-refractivity contribution in [1.82, 2.24) is 10.3 Å². The predicted molar refractivity (Wildman–Crippen MR) is 67.9 cm³/mol. The van der Waals surface area contributed by atoms with Gasteiger partial charge in [-0.3, -0.25) is 9.78 Å². The van der Waals surface area contributed by atoms with E-state index >= 15 is 0 Å². The molecule has 98 valence electrons. The van der Waals surface area contributed by atoms with Crippen LogP contribution in [0, 0.1) is 5.82 Å². The Morgan fingerprint density at radius 1 is 1.32 bits per heavy atom. The van der Waals surface area contributed by atoms with Crippen molar-refractivity contribution in [3.63, 3.8) is 0 Å². The molecule has 1 atom stereocenters. The maximum absolute atomic E-state index is 13.4. The molecule has 0 aliphatic heterocycles. The molecule has 2 N–H and O–H groups in total. The first kappa shape index (κ1) is 13.2. The fourth-order valence-electron chi connectivity index (χ4n) is 1.72. The van der Waals surface area contributed by atoms with Gasteiger partial charge in [-0.1, -0.05) is 30.3 Å². The van der Waals surface area contributed by atoms with Gasteiger partial charge in [0.05, 0.1) is 24.4 Å². The van der Waals surface area contributed by atoms with Crippen LogP contribution < -0.4 is 5.32 Å². The third-order valence-corrected chi connectivity index (χ3v) is 2.71. The van der Waals surface area contributed by atoms with E-state index in [2.05, 4.69) is 10.3 Å². The number of nitrogens with zero attached hydrogens (tertiary/aromatic N) is 1. The summed E-state index contributed by atoms with van der Waals surface area (Å²) in [6, 6.07) is 9.73. The summed E-state index contributed by atoms with van der Waals surface area (Å²) in [6.07, 6.45) is 2.32. The number of nitrogens with one attached hydrogen (secondary N) is 1. The van der Waals surface area contributed by atoms with Crippen LogP contribution in [-0.2, 0) is 0 Å². The summed E-state index contributed by atoms with van der Waals surface area (Å²) in [7, 11) is 0. The van der Waals surface area contributed by atoms with Crippen molar-refractivity contribution >= 4 is 5.91 Å². The van der Waals surface area contributed by atoms with Gasteiger partial charge >= 0.3 is 0 Å². The zero-order valence-corrected chi connectivity index (χ0v) is 10.1. The van der Waals surface area contributed by atoms with Gasteiger partial charge in [0.1, 0.15) is 0 Å². The van der Waals surface area contributed by atoms with Crippen molar-refractivity contribution < 1.29 is 14.3 Å². The minimum atomic E-state index is -0.690. The van der Waals surface area contributed by atoms with Crippen LogP contribution >= 0.6 is 0 Å². The van der Waals surface area contributed by atoms with E-state index in [1.54, 1.807) is 24.3 Å². The number of amides is 1. The van der Waals surface area contributed by atoms with Crippen molar-refractivity contribution in [3.05, 3.63) is 65.7 Å². The molecule has 0 radical (unpaired) electrons. The summed E-state index contributed by atoms with van der Waals surface area (Å²) < 4.78 is 13.4. The number of pyridine rings is 1. The summed E-state index contributed by atoms with van der Waals surface area (Å²) in [5, 5.41) is 11.9. The number of carbonyl (C=O) groups excluding carboxylic acids is 1. The molecule has 0 aliphatic carbocycles. The second-order valence-corrected chi connectivity index (χ2v) is 3.97. The average molecular weight is 260 g/mol. The van der Waals surface area contributed by atoms with Gasteiger partial charge in [-0.2, -0.15) is 0 Å². The summed E-state index contributed by atoms with van der Waals surface area (Å²) in [4.78, 5) is 15.5. The van der Waals surface area contributed by atoms with Gasteiger partial charge in [-0.25, -0.2) is 4.39 Å². The molecule has 1 amide bonds. The Morgan fingerprint density at radius 3 is 2.68 bits per heavy atom. The van der Waals surface area contributed by atoms with E-state index < -0.39 is 17.8 Å². The normalized spacial score (nSPS) is 11.9. The van der Waals surface area contributed by atoms with Gasteiger partial charge < -0.3 is 10.4 Å². The van der Waals surface area contributed by atoms with Crippen LogP contribution in [0.4, 0.5) is 4.39 Å². The number of aromatic nitrogens is 1. The summed E-state index contributed by atoms with van der Waals surface area (Å²) >= 11 is 0. The Kier molecular flexibility index (Phi) is 4.20. The molecule has 4 nitrogen and oxygen atoms in total. The first-order chi connectivity index (χ1) is 9.22. The third-order valence-electron chi connectivity index (χ3n) is 2.71. The van der Waals surface area contributed by atoms with E-state index in [9.17, 15) is 14.3 Å². The highest BCUT2D eigenvalue weighted by atomic mass is 19.1. The van der Waals surface area contributed by atoms with Crippen LogP contribution in [0.15, 0.2) is 48.8 Å². The van der Waals surface area contributed by atoms with E-state index in [0.717, 1.165) is 11.8 Å². The van der Waals surface area contributed by atoms with Gasteiger partial charge in [-0.15, -0.1) is 0 Å². The van der Waals surface area contributed by atoms with Gasteiger partial charge in [0.25, 0.3) is 5.91 Å². The highest BCUT2D eigenvalue weighted by molar-refractivity contribution is 5.94. The summed E-state index contributed by atoms with van der Waals surface area (Å²) in [5.74, 6) is -1.27. The molecule has 5 heteroatoms. The molecule has 1 heterocycles. The molecular formula is C14H13FN2O2. The number of hydrogen-bond donors (Lipinski definition) is 2. The molecule has 1 aromatic carbocycles. The highest BCUT2D eigenvalue weighted by Gasteiger charge is 2.17. The zero-order valence-electron chi connectivity index (χ0n) is 10.1. The van der Waals surface area contributed by atoms with Crippen molar-refractivity contribution in [2.24, 2.45) is 0 Å². The van der Waals surface area contributed by atoms with Crippen molar-refractivity contribution in [2.75, 3.05) is 6.61 Å². The van der Waals surface area contributed by atoms with E-state index in [4.69, 9.17) is 0 Å². The fourth-order valence-corrected chi connectivity index (χ4v) is 1.72. The number of halogens is 1. The number of aliphatic hydroxyl groups excluding tert-OH is 1. The van der Waals surface area contributed by atoms with Crippen LogP contribution in [0.1, 0.15) is 22.0 Å². The summed E-state index contributed by atoms with van der Waals surface area (Å²) in [5.41, 5.74) is 0.664. The van der Waals surface area contributed by atoms with E-state index in [1.165, 1.54) is 12.3 Å². The van der Waals surface area contributed by atoms with Crippen LogP contribution in [-0.4, -0.2) is 22.6 Å². The molecule has 0 saturated carbocycles. The summed E-state index contributed by atoms with van der Waals surface area (Å²) in [6.45, 7) is -0.261. The van der Waals surface area contributed by atoms with E-state index in [1.807, 2.05) is 6.07 Å². The molecule has 0 aliphatic rings. The molecule has 1 aromatic heterocycles. The minimum absolute atomic E-state index is 0.0932. The van der Waals surface area contributed by atoms with Crippen molar-refractivity contribution in [2.45, 2.75) is 6.04 Å². The lowest BCUT2D eigenvalue weighted by atomic mass is 10.1. The van der Waals surface area contributed by atoms with Crippen molar-refractivity contribution in [3.8, 4) is 0 Å². The lowest BCUT2D eigenvalue weighted by Crippen LogP contribution is -2.31. The van der Waals surface area contributed by atoms with E-state index in [0.29, 0.717) is 0 Å². The molecule has 0 unspecified atom stereocenters. The molecule has 2 rings (SSSR count). The largest absolute Gasteiger partial charge is 0.394 e. The van der Waals surface area contributed by atoms with Gasteiger partial charge in [0.15, 0.2) is 5.82 Å². The average Bonchev–Trinajstić information content (AvgIpc) is 2.46. The van der Waals surface area contributed by atoms with Crippen molar-refractivity contribution in [1.29, 1.82) is 0 Å². The Labute approximate surface area is 109 Å². The van der Waals surface area contributed by atoms with Gasteiger partial charge in [0, 0.05) is 6.20 Å². The first-order valence-corrected chi connectivity index (χ1v) is 5.78. The van der Waals surface area contributed by atoms with Crippen LogP contribution in [0.5, 0.6) is 0 Å². The Bertz CT molecular complexity index is 560. The molecule has 0 fully saturated rings. The molecular weight excluding hydrogens is 247 g/mol. The Balaban J connectivity index is 2.16. The monoisotopic (exact) mass is 260 g/mol. The Hall–Kier alpha value is -2.27. The maximum Gasteiger partial charge on any atom is 0.254 e.